The third-order valence-electron chi connectivity index (χ3n) is 3.03. The summed E-state index contributed by atoms with van der Waals surface area (Å²) in [5.74, 6) is 1.44. The van der Waals surface area contributed by atoms with E-state index in [-0.39, 0.29) is 0 Å². The van der Waals surface area contributed by atoms with Crippen LogP contribution >= 0.6 is 0 Å². The smallest absolute Gasteiger partial charge is 0.0143 e. The predicted octanol–water partition coefficient (Wildman–Crippen LogP) is 3.95. The van der Waals surface area contributed by atoms with Crippen molar-refractivity contribution in [3.63, 3.8) is 0 Å². The maximum Gasteiger partial charge on any atom is -0.0143 e. The highest BCUT2D eigenvalue weighted by Gasteiger charge is 2.25. The van der Waals surface area contributed by atoms with E-state index in [0.717, 1.165) is 11.8 Å². The molecule has 68 valence electrons. The lowest BCUT2D eigenvalue weighted by Crippen LogP contribution is -2.20. The van der Waals surface area contributed by atoms with Gasteiger partial charge in [-0.3, -0.25) is 0 Å². The fourth-order valence-corrected chi connectivity index (χ4v) is 2.31. The van der Waals surface area contributed by atoms with Crippen LogP contribution < -0.4 is 0 Å². The Morgan fingerprint density at radius 3 is 1.50 bits per heavy atom. The lowest BCUT2D eigenvalue weighted by Gasteiger charge is -2.32. The van der Waals surface area contributed by atoms with Crippen LogP contribution in [0.2, 0.25) is 0 Å². The second-order valence-corrected chi connectivity index (χ2v) is 4.19. The van der Waals surface area contributed by atoms with Crippen LogP contribution in [0, 0.1) is 11.8 Å². The van der Waals surface area contributed by atoms with Crippen LogP contribution in [0.15, 0.2) is 24.3 Å². The molecule has 12 heavy (non-hydrogen) atoms. The minimum atomic E-state index is 0.719. The Bertz CT molecular complexity index is 166. The number of allylic oxidation sites excluding steroid dienone is 2. The first-order valence-corrected chi connectivity index (χ1v) is 4.93. The van der Waals surface area contributed by atoms with Crippen molar-refractivity contribution in [3.8, 4) is 0 Å². The Hall–Kier alpha value is -0.520. The molecule has 0 heterocycles. The second kappa shape index (κ2) is 3.93. The van der Waals surface area contributed by atoms with Crippen LogP contribution in [0.25, 0.3) is 0 Å². The zero-order chi connectivity index (χ0) is 9.14. The Morgan fingerprint density at radius 2 is 1.25 bits per heavy atom. The summed E-state index contributed by atoms with van der Waals surface area (Å²) < 4.78 is 0. The molecule has 2 atom stereocenters. The monoisotopic (exact) mass is 164 g/mol. The van der Waals surface area contributed by atoms with Gasteiger partial charge < -0.3 is 0 Å². The first-order valence-electron chi connectivity index (χ1n) is 4.93. The van der Waals surface area contributed by atoms with Crippen molar-refractivity contribution >= 4 is 0 Å². The van der Waals surface area contributed by atoms with E-state index in [4.69, 9.17) is 0 Å². The predicted molar refractivity (Wildman–Crippen MR) is 55.1 cm³/mol. The van der Waals surface area contributed by atoms with Gasteiger partial charge in [-0.15, -0.1) is 0 Å². The summed E-state index contributed by atoms with van der Waals surface area (Å²) in [7, 11) is 0. The Labute approximate surface area is 76.4 Å². The van der Waals surface area contributed by atoms with Crippen molar-refractivity contribution in [2.75, 3.05) is 0 Å². The minimum absolute atomic E-state index is 0.719. The molecular weight excluding hydrogens is 144 g/mol. The van der Waals surface area contributed by atoms with Gasteiger partial charge in [0.05, 0.1) is 0 Å². The van der Waals surface area contributed by atoms with Gasteiger partial charge in [0.2, 0.25) is 0 Å². The van der Waals surface area contributed by atoms with Crippen molar-refractivity contribution in [2.45, 2.75) is 39.5 Å². The molecule has 0 radical (unpaired) electrons. The molecular formula is C12H20. The van der Waals surface area contributed by atoms with E-state index in [9.17, 15) is 0 Å². The molecule has 0 amide bonds. The van der Waals surface area contributed by atoms with Gasteiger partial charge in [-0.25, -0.2) is 0 Å². The summed E-state index contributed by atoms with van der Waals surface area (Å²) in [4.78, 5) is 0. The van der Waals surface area contributed by atoms with Crippen LogP contribution in [0.1, 0.15) is 39.5 Å². The van der Waals surface area contributed by atoms with E-state index in [1.165, 1.54) is 36.8 Å². The molecule has 0 N–H and O–H groups in total. The largest absolute Gasteiger partial charge is 0.0998 e. The number of hydrogen-bond acceptors (Lipinski definition) is 0. The van der Waals surface area contributed by atoms with Gasteiger partial charge in [-0.2, -0.15) is 0 Å². The summed E-state index contributed by atoms with van der Waals surface area (Å²) in [6.45, 7) is 12.5. The first kappa shape index (κ1) is 9.57. The lowest BCUT2D eigenvalue weighted by atomic mass is 9.73. The maximum absolute atomic E-state index is 4.07. The Kier molecular flexibility index (Phi) is 3.13. The molecule has 0 aromatic rings. The molecule has 0 aromatic carbocycles. The van der Waals surface area contributed by atoms with Gasteiger partial charge in [0.15, 0.2) is 0 Å². The minimum Gasteiger partial charge on any atom is -0.0998 e. The second-order valence-electron chi connectivity index (χ2n) is 4.19. The Morgan fingerprint density at radius 1 is 0.917 bits per heavy atom. The van der Waals surface area contributed by atoms with Crippen LogP contribution in [-0.4, -0.2) is 0 Å². The third-order valence-corrected chi connectivity index (χ3v) is 3.03. The maximum atomic E-state index is 4.07. The highest BCUT2D eigenvalue weighted by Crippen LogP contribution is 2.37. The molecule has 1 fully saturated rings. The number of rotatable bonds is 2. The summed E-state index contributed by atoms with van der Waals surface area (Å²) in [5.41, 5.74) is 2.70. The Balaban J connectivity index is 2.67. The summed E-state index contributed by atoms with van der Waals surface area (Å²) in [5, 5.41) is 0. The fraction of sp³-hybridized carbons (Fsp3) is 0.667. The number of hydrogen-bond donors (Lipinski definition) is 0. The molecule has 0 spiro atoms. The topological polar surface area (TPSA) is 0 Å². The van der Waals surface area contributed by atoms with E-state index in [1.54, 1.807) is 0 Å². The molecule has 1 saturated carbocycles. The van der Waals surface area contributed by atoms with Crippen LogP contribution in [0.3, 0.4) is 0 Å². The van der Waals surface area contributed by atoms with Crippen LogP contribution in [-0.2, 0) is 0 Å². The van der Waals surface area contributed by atoms with E-state index >= 15 is 0 Å². The SMILES string of the molecule is C=C(C)C1CCCCC1C(=C)C. The molecule has 1 aliphatic carbocycles. The average Bonchev–Trinajstić information content (AvgIpc) is 2.04. The first-order chi connectivity index (χ1) is 5.63. The molecule has 1 rings (SSSR count). The highest BCUT2D eigenvalue weighted by molar-refractivity contribution is 5.10. The van der Waals surface area contributed by atoms with Gasteiger partial charge >= 0.3 is 0 Å². The summed E-state index contributed by atoms with van der Waals surface area (Å²) >= 11 is 0. The van der Waals surface area contributed by atoms with Crippen molar-refractivity contribution in [2.24, 2.45) is 11.8 Å². The van der Waals surface area contributed by atoms with E-state index in [1.807, 2.05) is 0 Å². The molecule has 0 heteroatoms. The molecule has 2 unspecified atom stereocenters. The van der Waals surface area contributed by atoms with Gasteiger partial charge in [0.1, 0.15) is 0 Å². The molecule has 0 nitrogen and oxygen atoms in total. The van der Waals surface area contributed by atoms with Crippen LogP contribution in [0.5, 0.6) is 0 Å². The van der Waals surface area contributed by atoms with Crippen molar-refractivity contribution in [1.29, 1.82) is 0 Å². The van der Waals surface area contributed by atoms with E-state index in [0.29, 0.717) is 0 Å². The zero-order valence-corrected chi connectivity index (χ0v) is 8.40. The zero-order valence-electron chi connectivity index (χ0n) is 8.40. The quantitative estimate of drug-likeness (QED) is 0.542. The van der Waals surface area contributed by atoms with Gasteiger partial charge in [0, 0.05) is 0 Å². The van der Waals surface area contributed by atoms with Gasteiger partial charge in [-0.05, 0) is 38.5 Å². The summed E-state index contributed by atoms with van der Waals surface area (Å²) in [6.07, 6.45) is 5.41. The molecule has 0 aromatic heterocycles. The third kappa shape index (κ3) is 2.00. The van der Waals surface area contributed by atoms with Crippen molar-refractivity contribution < 1.29 is 0 Å². The van der Waals surface area contributed by atoms with E-state index < -0.39 is 0 Å². The molecule has 1 aliphatic rings. The fourth-order valence-electron chi connectivity index (χ4n) is 2.31. The standard InChI is InChI=1S/C12H20/c1-9(2)11-7-5-6-8-12(11)10(3)4/h11-12H,1,3,5-8H2,2,4H3. The molecule has 0 aliphatic heterocycles. The normalized spacial score (nSPS) is 29.8. The molecule has 0 bridgehead atoms. The van der Waals surface area contributed by atoms with Gasteiger partial charge in [0.25, 0.3) is 0 Å². The lowest BCUT2D eigenvalue weighted by molar-refractivity contribution is 0.311. The highest BCUT2D eigenvalue weighted by atomic mass is 14.3. The van der Waals surface area contributed by atoms with E-state index in [2.05, 4.69) is 27.0 Å². The molecule has 0 saturated heterocycles. The van der Waals surface area contributed by atoms with Crippen molar-refractivity contribution in [1.82, 2.24) is 0 Å². The summed E-state index contributed by atoms with van der Waals surface area (Å²) in [6, 6.07) is 0. The van der Waals surface area contributed by atoms with Gasteiger partial charge in [-0.1, -0.05) is 37.1 Å². The average molecular weight is 164 g/mol. The van der Waals surface area contributed by atoms with Crippen molar-refractivity contribution in [3.05, 3.63) is 24.3 Å². The van der Waals surface area contributed by atoms with Crippen LogP contribution in [0.4, 0.5) is 0 Å².